The van der Waals surface area contributed by atoms with Gasteiger partial charge in [-0.1, -0.05) is 60.7 Å². The maximum absolute atomic E-state index is 13.1. The van der Waals surface area contributed by atoms with Gasteiger partial charge in [0.15, 0.2) is 5.78 Å². The molecule has 0 saturated heterocycles. The van der Waals surface area contributed by atoms with Crippen LogP contribution in [0.15, 0.2) is 95.8 Å². The van der Waals surface area contributed by atoms with Gasteiger partial charge in [-0.25, -0.2) is 0 Å². The van der Waals surface area contributed by atoms with E-state index in [0.717, 1.165) is 34.6 Å². The Hall–Kier alpha value is -4.35. The SMILES string of the molecule is CO.Cn1/c(=C/C2=C(O)C(=C/C3Nc4cccc5cccc3c45)/C2=O)c2cccc3cccc1c32. The van der Waals surface area contributed by atoms with Gasteiger partial charge in [-0.05, 0) is 40.6 Å². The van der Waals surface area contributed by atoms with Crippen molar-refractivity contribution in [3.8, 4) is 0 Å². The van der Waals surface area contributed by atoms with Crippen LogP contribution in [0.4, 0.5) is 5.69 Å². The maximum Gasteiger partial charge on any atom is 0.200 e. The van der Waals surface area contributed by atoms with Crippen molar-refractivity contribution in [1.82, 2.24) is 4.57 Å². The molecule has 0 radical (unpaired) electrons. The Morgan fingerprint density at radius 2 is 1.54 bits per heavy atom. The predicted octanol–water partition coefficient (Wildman–Crippen LogP) is 5.08. The smallest absolute Gasteiger partial charge is 0.200 e. The number of hydrogen-bond donors (Lipinski definition) is 3. The minimum absolute atomic E-state index is 0.0639. The summed E-state index contributed by atoms with van der Waals surface area (Å²) in [5.41, 5.74) is 4.03. The van der Waals surface area contributed by atoms with E-state index in [-0.39, 0.29) is 17.6 Å². The minimum atomic E-state index is -0.145. The fourth-order valence-electron chi connectivity index (χ4n) is 5.46. The third-order valence-corrected chi connectivity index (χ3v) is 7.08. The second kappa shape index (κ2) is 7.86. The van der Waals surface area contributed by atoms with Crippen molar-refractivity contribution in [3.63, 3.8) is 0 Å². The van der Waals surface area contributed by atoms with Crippen LogP contribution in [0.3, 0.4) is 0 Å². The average Bonchev–Trinajstić information content (AvgIpc) is 3.40. The Balaban J connectivity index is 0.00000112. The van der Waals surface area contributed by atoms with E-state index in [1.165, 1.54) is 21.5 Å². The third kappa shape index (κ3) is 2.95. The second-order valence-corrected chi connectivity index (χ2v) is 8.81. The van der Waals surface area contributed by atoms with Gasteiger partial charge in [0.05, 0.1) is 17.2 Å². The molecule has 1 aliphatic heterocycles. The molecule has 0 spiro atoms. The van der Waals surface area contributed by atoms with Gasteiger partial charge >= 0.3 is 0 Å². The lowest BCUT2D eigenvalue weighted by Crippen LogP contribution is -2.25. The number of aliphatic hydroxyl groups excluding tert-OH is 2. The molecule has 5 heteroatoms. The lowest BCUT2D eigenvalue weighted by Gasteiger charge is -2.21. The number of aryl methyl sites for hydroxylation is 1. The molecule has 4 aromatic carbocycles. The van der Waals surface area contributed by atoms with Crippen molar-refractivity contribution >= 4 is 50.0 Å². The number of aromatic nitrogens is 1. The highest BCUT2D eigenvalue weighted by atomic mass is 16.3. The molecular weight excluding hydrogens is 436 g/mol. The zero-order valence-electron chi connectivity index (χ0n) is 19.4. The van der Waals surface area contributed by atoms with Gasteiger partial charge in [-0.2, -0.15) is 0 Å². The van der Waals surface area contributed by atoms with E-state index in [2.05, 4.69) is 52.3 Å². The molecule has 0 amide bonds. The van der Waals surface area contributed by atoms with E-state index >= 15 is 0 Å². The van der Waals surface area contributed by atoms with Crippen molar-refractivity contribution in [2.75, 3.05) is 12.4 Å². The highest BCUT2D eigenvalue weighted by Gasteiger charge is 2.34. The van der Waals surface area contributed by atoms with Crippen molar-refractivity contribution in [2.45, 2.75) is 6.04 Å². The molecule has 0 fully saturated rings. The number of ketones is 1. The van der Waals surface area contributed by atoms with E-state index < -0.39 is 0 Å². The quantitative estimate of drug-likeness (QED) is 0.321. The van der Waals surface area contributed by atoms with Crippen molar-refractivity contribution < 1.29 is 15.0 Å². The fraction of sp³-hybridized carbons (Fsp3) is 0.100. The van der Waals surface area contributed by atoms with Gasteiger partial charge in [0.1, 0.15) is 5.76 Å². The second-order valence-electron chi connectivity index (χ2n) is 8.81. The number of carbonyl (C=O) groups excluding carboxylic acids is 1. The molecule has 5 nitrogen and oxygen atoms in total. The number of nitrogens with zero attached hydrogens (tertiary/aromatic N) is 1. The molecule has 35 heavy (non-hydrogen) atoms. The normalized spacial score (nSPS) is 18.4. The van der Waals surface area contributed by atoms with Gasteiger partial charge in [0.25, 0.3) is 0 Å². The van der Waals surface area contributed by atoms with Gasteiger partial charge in [0, 0.05) is 46.9 Å². The van der Waals surface area contributed by atoms with Crippen LogP contribution < -0.4 is 10.7 Å². The Bertz CT molecular complexity index is 1780. The Morgan fingerprint density at radius 3 is 2.29 bits per heavy atom. The van der Waals surface area contributed by atoms with Crippen LogP contribution in [-0.4, -0.2) is 27.7 Å². The number of aliphatic hydroxyl groups is 2. The first-order chi connectivity index (χ1) is 17.1. The van der Waals surface area contributed by atoms with E-state index in [0.29, 0.717) is 11.1 Å². The standard InChI is InChI=1S/C29H20N2O2.CH4O/c1-31-24-13-5-9-17-7-3-11-19(27(17)24)25(31)15-21-28(32)20(29(21)33)14-23-18-10-2-6-16-8-4-12-22(30-23)26(16)18;1-2/h2-15,23,30,32H,1H3;2H,1H3/b20-14-,25-15+;. The monoisotopic (exact) mass is 460 g/mol. The molecule has 1 unspecified atom stereocenters. The molecule has 1 aromatic heterocycles. The van der Waals surface area contributed by atoms with Gasteiger partial charge in [0.2, 0.25) is 0 Å². The first-order valence-electron chi connectivity index (χ1n) is 11.5. The number of Topliss-reactive ketones (excluding diaryl/α,β-unsaturated/α-hetero) is 1. The molecule has 3 N–H and O–H groups in total. The maximum atomic E-state index is 13.1. The summed E-state index contributed by atoms with van der Waals surface area (Å²) in [6.45, 7) is 0. The number of carbonyl (C=O) groups is 1. The predicted molar refractivity (Wildman–Crippen MR) is 141 cm³/mol. The molecule has 2 aliphatic rings. The first-order valence-corrected chi connectivity index (χ1v) is 11.5. The average molecular weight is 461 g/mol. The lowest BCUT2D eigenvalue weighted by molar-refractivity contribution is -0.113. The summed E-state index contributed by atoms with van der Waals surface area (Å²) in [6, 6.07) is 24.6. The van der Waals surface area contributed by atoms with Gasteiger partial charge < -0.3 is 20.1 Å². The molecule has 7 rings (SSSR count). The van der Waals surface area contributed by atoms with Crippen LogP contribution in [0.2, 0.25) is 0 Å². The molecule has 2 heterocycles. The summed E-state index contributed by atoms with van der Waals surface area (Å²) in [6.07, 6.45) is 3.67. The van der Waals surface area contributed by atoms with Crippen LogP contribution in [-0.2, 0) is 11.8 Å². The zero-order chi connectivity index (χ0) is 24.3. The van der Waals surface area contributed by atoms with Crippen LogP contribution in [0, 0.1) is 0 Å². The summed E-state index contributed by atoms with van der Waals surface area (Å²) in [5, 5.41) is 28.0. The molecule has 1 aliphatic carbocycles. The Morgan fingerprint density at radius 1 is 0.886 bits per heavy atom. The van der Waals surface area contributed by atoms with Crippen LogP contribution in [0.25, 0.3) is 38.5 Å². The van der Waals surface area contributed by atoms with E-state index in [1.54, 1.807) is 0 Å². The molecule has 1 atom stereocenters. The molecule has 0 saturated carbocycles. The zero-order valence-corrected chi connectivity index (χ0v) is 19.4. The van der Waals surface area contributed by atoms with Crippen LogP contribution >= 0.6 is 0 Å². The number of rotatable bonds is 2. The summed E-state index contributed by atoms with van der Waals surface area (Å²) < 4.78 is 2.09. The number of anilines is 1. The van der Waals surface area contributed by atoms with Crippen molar-refractivity contribution in [1.29, 1.82) is 0 Å². The minimum Gasteiger partial charge on any atom is -0.506 e. The topological polar surface area (TPSA) is 74.5 Å². The third-order valence-electron chi connectivity index (χ3n) is 7.08. The van der Waals surface area contributed by atoms with Crippen molar-refractivity contribution in [3.05, 3.63) is 107 Å². The summed E-state index contributed by atoms with van der Waals surface area (Å²) >= 11 is 0. The van der Waals surface area contributed by atoms with Crippen molar-refractivity contribution in [2.24, 2.45) is 7.05 Å². The molecular formula is C30H24N2O3. The van der Waals surface area contributed by atoms with Crippen LogP contribution in [0.5, 0.6) is 0 Å². The van der Waals surface area contributed by atoms with E-state index in [9.17, 15) is 9.90 Å². The number of allylic oxidation sites excluding steroid dienone is 2. The highest BCUT2D eigenvalue weighted by Crippen LogP contribution is 2.42. The Labute approximate surface area is 201 Å². The fourth-order valence-corrected chi connectivity index (χ4v) is 5.46. The highest BCUT2D eigenvalue weighted by molar-refractivity contribution is 6.24. The lowest BCUT2D eigenvalue weighted by atomic mass is 9.85. The van der Waals surface area contributed by atoms with Crippen LogP contribution in [0.1, 0.15) is 11.6 Å². The summed E-state index contributed by atoms with van der Waals surface area (Å²) in [7, 11) is 3.00. The molecule has 172 valence electrons. The number of nitrogens with one attached hydrogen (secondary N) is 1. The van der Waals surface area contributed by atoms with E-state index in [4.69, 9.17) is 5.11 Å². The first kappa shape index (κ1) is 21.2. The number of benzene rings is 4. The van der Waals surface area contributed by atoms with E-state index in [1.807, 2.05) is 49.5 Å². The van der Waals surface area contributed by atoms with Gasteiger partial charge in [-0.3, -0.25) is 4.79 Å². The molecule has 0 bridgehead atoms. The summed E-state index contributed by atoms with van der Waals surface area (Å²) in [5.74, 6) is -0.0598. The Kier molecular flexibility index (Phi) is 4.76. The summed E-state index contributed by atoms with van der Waals surface area (Å²) in [4.78, 5) is 13.1. The number of hydrogen-bond acceptors (Lipinski definition) is 4. The largest absolute Gasteiger partial charge is 0.506 e. The van der Waals surface area contributed by atoms with Gasteiger partial charge in [-0.15, -0.1) is 0 Å². The molecule has 5 aromatic rings.